The fourth-order valence-electron chi connectivity index (χ4n) is 1.44. The van der Waals surface area contributed by atoms with Crippen LogP contribution in [0.4, 0.5) is 5.69 Å². The number of aromatic nitrogens is 2. The van der Waals surface area contributed by atoms with Gasteiger partial charge in [-0.15, -0.1) is 0 Å². The molecule has 0 unspecified atom stereocenters. The molecule has 13 heavy (non-hydrogen) atoms. The topological polar surface area (TPSA) is 70.2 Å². The lowest BCUT2D eigenvalue weighted by Gasteiger charge is -2.12. The highest BCUT2D eigenvalue weighted by Crippen LogP contribution is 2.32. The van der Waals surface area contributed by atoms with Crippen LogP contribution in [0.3, 0.4) is 0 Å². The minimum Gasteiger partial charge on any atom is -0.473 e. The summed E-state index contributed by atoms with van der Waals surface area (Å²) >= 11 is 0. The van der Waals surface area contributed by atoms with Gasteiger partial charge >= 0.3 is 5.69 Å². The molecule has 0 amide bonds. The number of aryl methyl sites for hydroxylation is 2. The predicted molar refractivity (Wildman–Crippen MR) is 43.7 cm³/mol. The Bertz CT molecular complexity index is 358. The van der Waals surface area contributed by atoms with E-state index in [1.807, 2.05) is 0 Å². The van der Waals surface area contributed by atoms with Crippen LogP contribution < -0.4 is 4.74 Å². The third kappa shape index (κ3) is 1.14. The van der Waals surface area contributed by atoms with Gasteiger partial charge < -0.3 is 4.74 Å². The zero-order valence-corrected chi connectivity index (χ0v) is 7.19. The smallest absolute Gasteiger partial charge is 0.353 e. The molecule has 1 aromatic heterocycles. The quantitative estimate of drug-likeness (QED) is 0.478. The summed E-state index contributed by atoms with van der Waals surface area (Å²) < 4.78 is 6.75. The second-order valence-electron chi connectivity index (χ2n) is 2.92. The molecule has 6 nitrogen and oxygen atoms in total. The molecule has 0 saturated carbocycles. The fraction of sp³-hybridized carbons (Fsp3) is 0.571. The van der Waals surface area contributed by atoms with Crippen molar-refractivity contribution in [1.82, 2.24) is 9.78 Å². The number of hydrogen-bond donors (Lipinski definition) is 0. The van der Waals surface area contributed by atoms with Gasteiger partial charge in [0.15, 0.2) is 0 Å². The first-order valence-electron chi connectivity index (χ1n) is 4.04. The van der Waals surface area contributed by atoms with E-state index in [2.05, 4.69) is 5.10 Å². The molecule has 1 aromatic rings. The highest BCUT2D eigenvalue weighted by atomic mass is 16.6. The molecule has 1 aliphatic rings. The average molecular weight is 183 g/mol. The first kappa shape index (κ1) is 8.03. The highest BCUT2D eigenvalue weighted by molar-refractivity contribution is 5.46. The molecule has 70 valence electrons. The summed E-state index contributed by atoms with van der Waals surface area (Å²) in [5, 5.41) is 14.6. The van der Waals surface area contributed by atoms with Crippen molar-refractivity contribution in [3.05, 3.63) is 15.8 Å². The molecule has 1 aliphatic heterocycles. The minimum atomic E-state index is -0.445. The molecule has 0 saturated heterocycles. The van der Waals surface area contributed by atoms with E-state index in [0.717, 1.165) is 6.42 Å². The fourth-order valence-corrected chi connectivity index (χ4v) is 1.44. The molecule has 0 radical (unpaired) electrons. The summed E-state index contributed by atoms with van der Waals surface area (Å²) in [5.41, 5.74) is 0.418. The largest absolute Gasteiger partial charge is 0.473 e. The molecule has 0 bridgehead atoms. The van der Waals surface area contributed by atoms with Crippen LogP contribution >= 0.6 is 0 Å². The normalized spacial score (nSPS) is 14.8. The summed E-state index contributed by atoms with van der Waals surface area (Å²) in [6.45, 7) is 2.85. The van der Waals surface area contributed by atoms with Gasteiger partial charge in [0.25, 0.3) is 5.88 Å². The molecule has 0 fully saturated rings. The Labute approximate surface area is 74.3 Å². The second-order valence-corrected chi connectivity index (χ2v) is 2.92. The number of rotatable bonds is 1. The highest BCUT2D eigenvalue weighted by Gasteiger charge is 2.28. The van der Waals surface area contributed by atoms with Crippen LogP contribution in [-0.4, -0.2) is 21.3 Å². The third-order valence-electron chi connectivity index (χ3n) is 1.99. The number of nitro groups is 1. The molecule has 6 heteroatoms. The zero-order valence-electron chi connectivity index (χ0n) is 7.19. The number of hydrogen-bond acceptors (Lipinski definition) is 4. The molecule has 0 aliphatic carbocycles. The lowest BCUT2D eigenvalue weighted by molar-refractivity contribution is -0.386. The van der Waals surface area contributed by atoms with E-state index in [9.17, 15) is 10.1 Å². The van der Waals surface area contributed by atoms with Crippen LogP contribution in [0.25, 0.3) is 0 Å². The van der Waals surface area contributed by atoms with E-state index in [4.69, 9.17) is 4.74 Å². The minimum absolute atomic E-state index is 0.000278. The molecule has 0 aromatic carbocycles. The van der Waals surface area contributed by atoms with Gasteiger partial charge in [0.2, 0.25) is 0 Å². The number of nitrogens with zero attached hydrogens (tertiary/aromatic N) is 3. The Balaban J connectivity index is 2.54. The zero-order chi connectivity index (χ0) is 9.42. The Morgan fingerprint density at radius 3 is 3.15 bits per heavy atom. The maximum absolute atomic E-state index is 10.6. The summed E-state index contributed by atoms with van der Waals surface area (Å²) in [6.07, 6.45) is 0.852. The van der Waals surface area contributed by atoms with Crippen LogP contribution in [0.5, 0.6) is 5.88 Å². The molecule has 2 heterocycles. The monoisotopic (exact) mass is 183 g/mol. The number of fused-ring (bicyclic) bond motifs is 1. The van der Waals surface area contributed by atoms with E-state index in [1.54, 1.807) is 11.6 Å². The van der Waals surface area contributed by atoms with Crippen molar-refractivity contribution in [3.63, 3.8) is 0 Å². The lowest BCUT2D eigenvalue weighted by atomic mass is 10.4. The van der Waals surface area contributed by atoms with Gasteiger partial charge in [-0.1, -0.05) is 0 Å². The van der Waals surface area contributed by atoms with Crippen LogP contribution in [0.15, 0.2) is 0 Å². The average Bonchev–Trinajstić information content (AvgIpc) is 2.39. The van der Waals surface area contributed by atoms with Crippen molar-refractivity contribution in [3.8, 4) is 5.88 Å². The molecule has 0 N–H and O–H groups in total. The Kier molecular flexibility index (Phi) is 1.68. The van der Waals surface area contributed by atoms with Gasteiger partial charge in [0.05, 0.1) is 11.5 Å². The van der Waals surface area contributed by atoms with E-state index in [-0.39, 0.29) is 5.69 Å². The van der Waals surface area contributed by atoms with Gasteiger partial charge in [-0.25, -0.2) is 4.68 Å². The summed E-state index contributed by atoms with van der Waals surface area (Å²) in [4.78, 5) is 10.2. The van der Waals surface area contributed by atoms with Gasteiger partial charge in [-0.2, -0.15) is 5.10 Å². The van der Waals surface area contributed by atoms with E-state index in [1.165, 1.54) is 0 Å². The maximum atomic E-state index is 10.6. The van der Waals surface area contributed by atoms with Crippen LogP contribution in [-0.2, 0) is 6.54 Å². The van der Waals surface area contributed by atoms with Crippen molar-refractivity contribution >= 4 is 5.69 Å². The Morgan fingerprint density at radius 2 is 2.46 bits per heavy atom. The molecular weight excluding hydrogens is 174 g/mol. The maximum Gasteiger partial charge on any atom is 0.353 e. The first-order chi connectivity index (χ1) is 6.20. The van der Waals surface area contributed by atoms with E-state index >= 15 is 0 Å². The molecule has 2 rings (SSSR count). The summed E-state index contributed by atoms with van der Waals surface area (Å²) in [6, 6.07) is 0. The predicted octanol–water partition coefficient (Wildman–Crippen LogP) is 0.882. The first-order valence-corrected chi connectivity index (χ1v) is 4.04. The van der Waals surface area contributed by atoms with Crippen molar-refractivity contribution in [2.45, 2.75) is 19.9 Å². The Hall–Kier alpha value is -1.59. The van der Waals surface area contributed by atoms with Crippen LogP contribution in [0.1, 0.15) is 12.1 Å². The van der Waals surface area contributed by atoms with Crippen molar-refractivity contribution < 1.29 is 9.66 Å². The van der Waals surface area contributed by atoms with Crippen molar-refractivity contribution in [2.75, 3.05) is 6.61 Å². The SMILES string of the molecule is Cc1nn2c(c1[N+](=O)[O-])OCCC2. The standard InChI is InChI=1S/C7H9N3O3/c1-5-6(10(11)12)7-9(8-5)3-2-4-13-7/h2-4H2,1H3. The third-order valence-corrected chi connectivity index (χ3v) is 1.99. The molecular formula is C7H9N3O3. The van der Waals surface area contributed by atoms with E-state index in [0.29, 0.717) is 24.7 Å². The second kappa shape index (κ2) is 2.72. The summed E-state index contributed by atoms with van der Waals surface area (Å²) in [5.74, 6) is 0.300. The summed E-state index contributed by atoms with van der Waals surface area (Å²) in [7, 11) is 0. The van der Waals surface area contributed by atoms with Crippen molar-refractivity contribution in [2.24, 2.45) is 0 Å². The van der Waals surface area contributed by atoms with Gasteiger partial charge in [0, 0.05) is 13.0 Å². The van der Waals surface area contributed by atoms with Crippen LogP contribution in [0.2, 0.25) is 0 Å². The molecule has 0 spiro atoms. The van der Waals surface area contributed by atoms with Gasteiger partial charge in [0.1, 0.15) is 5.69 Å². The number of ether oxygens (including phenoxy) is 1. The van der Waals surface area contributed by atoms with Gasteiger partial charge in [-0.3, -0.25) is 10.1 Å². The van der Waals surface area contributed by atoms with E-state index < -0.39 is 4.92 Å². The lowest BCUT2D eigenvalue weighted by Crippen LogP contribution is -2.15. The molecule has 0 atom stereocenters. The Morgan fingerprint density at radius 1 is 1.69 bits per heavy atom. The van der Waals surface area contributed by atoms with Gasteiger partial charge in [-0.05, 0) is 6.92 Å². The van der Waals surface area contributed by atoms with Crippen molar-refractivity contribution in [1.29, 1.82) is 0 Å². The van der Waals surface area contributed by atoms with Crippen LogP contribution in [0, 0.1) is 17.0 Å².